The maximum Gasteiger partial charge on any atom is 0.125 e. The number of benzene rings is 2. The van der Waals surface area contributed by atoms with Gasteiger partial charge < -0.3 is 9.47 Å². The molecule has 0 amide bonds. The van der Waals surface area contributed by atoms with Crippen LogP contribution >= 0.6 is 39.1 Å². The Morgan fingerprint density at radius 3 is 2.70 bits per heavy atom. The van der Waals surface area contributed by atoms with Crippen LogP contribution in [0.15, 0.2) is 40.9 Å². The van der Waals surface area contributed by atoms with E-state index < -0.39 is 0 Å². The van der Waals surface area contributed by atoms with Crippen molar-refractivity contribution in [2.45, 2.75) is 12.5 Å². The fourth-order valence-corrected chi connectivity index (χ4v) is 2.69. The molecule has 0 radical (unpaired) electrons. The lowest BCUT2D eigenvalue weighted by Crippen LogP contribution is -1.99. The molecule has 0 N–H and O–H groups in total. The summed E-state index contributed by atoms with van der Waals surface area (Å²) in [6, 6.07) is 11.2. The highest BCUT2D eigenvalue weighted by Crippen LogP contribution is 2.30. The SMILES string of the molecule is COc1ccc(Br)c(COc2cccc(Cl)c2CCl)c1. The zero-order valence-corrected chi connectivity index (χ0v) is 13.9. The lowest BCUT2D eigenvalue weighted by Gasteiger charge is -2.13. The smallest absolute Gasteiger partial charge is 0.125 e. The number of hydrogen-bond donors (Lipinski definition) is 0. The molecule has 0 atom stereocenters. The average Bonchev–Trinajstić information content (AvgIpc) is 2.46. The van der Waals surface area contributed by atoms with Crippen molar-refractivity contribution in [3.8, 4) is 11.5 Å². The average molecular weight is 376 g/mol. The summed E-state index contributed by atoms with van der Waals surface area (Å²) in [5.41, 5.74) is 1.79. The normalized spacial score (nSPS) is 10.4. The number of alkyl halides is 1. The summed E-state index contributed by atoms with van der Waals surface area (Å²) in [5.74, 6) is 1.80. The van der Waals surface area contributed by atoms with Crippen LogP contribution in [-0.4, -0.2) is 7.11 Å². The van der Waals surface area contributed by atoms with Crippen LogP contribution in [0, 0.1) is 0 Å². The van der Waals surface area contributed by atoms with Gasteiger partial charge >= 0.3 is 0 Å². The van der Waals surface area contributed by atoms with Crippen molar-refractivity contribution in [3.05, 3.63) is 57.0 Å². The molecule has 5 heteroatoms. The Labute approximate surface area is 136 Å². The van der Waals surface area contributed by atoms with Crippen LogP contribution in [0.3, 0.4) is 0 Å². The van der Waals surface area contributed by atoms with E-state index in [4.69, 9.17) is 32.7 Å². The van der Waals surface area contributed by atoms with E-state index in [9.17, 15) is 0 Å². The molecule has 0 aliphatic rings. The van der Waals surface area contributed by atoms with E-state index in [-0.39, 0.29) is 0 Å². The molecule has 0 spiro atoms. The van der Waals surface area contributed by atoms with Gasteiger partial charge in [-0.05, 0) is 30.3 Å². The predicted octanol–water partition coefficient (Wildman–Crippen LogP) is 5.43. The fourth-order valence-electron chi connectivity index (χ4n) is 1.75. The molecule has 0 heterocycles. The molecule has 0 bridgehead atoms. The maximum atomic E-state index is 6.10. The molecule has 2 aromatic carbocycles. The van der Waals surface area contributed by atoms with Gasteiger partial charge in [-0.1, -0.05) is 33.6 Å². The van der Waals surface area contributed by atoms with E-state index in [1.807, 2.05) is 30.3 Å². The number of rotatable bonds is 5. The molecule has 0 aromatic heterocycles. The van der Waals surface area contributed by atoms with Crippen molar-refractivity contribution < 1.29 is 9.47 Å². The van der Waals surface area contributed by atoms with Crippen molar-refractivity contribution in [3.63, 3.8) is 0 Å². The van der Waals surface area contributed by atoms with E-state index in [1.54, 1.807) is 13.2 Å². The molecule has 20 heavy (non-hydrogen) atoms. The van der Waals surface area contributed by atoms with Crippen LogP contribution in [0.25, 0.3) is 0 Å². The van der Waals surface area contributed by atoms with Gasteiger partial charge in [0.05, 0.1) is 13.0 Å². The second-order valence-corrected chi connectivity index (χ2v) is 5.62. The van der Waals surface area contributed by atoms with Gasteiger partial charge in [-0.3, -0.25) is 0 Å². The van der Waals surface area contributed by atoms with Gasteiger partial charge in [-0.2, -0.15) is 0 Å². The van der Waals surface area contributed by atoms with E-state index in [0.717, 1.165) is 21.3 Å². The van der Waals surface area contributed by atoms with E-state index >= 15 is 0 Å². The number of halogens is 3. The molecule has 0 aliphatic carbocycles. The van der Waals surface area contributed by atoms with Gasteiger partial charge in [0.2, 0.25) is 0 Å². The minimum absolute atomic E-state index is 0.314. The first-order chi connectivity index (χ1) is 9.65. The fraction of sp³-hybridized carbons (Fsp3) is 0.200. The monoisotopic (exact) mass is 374 g/mol. The predicted molar refractivity (Wildman–Crippen MR) is 86.0 cm³/mol. The van der Waals surface area contributed by atoms with Gasteiger partial charge in [0, 0.05) is 20.6 Å². The first-order valence-electron chi connectivity index (χ1n) is 5.94. The molecule has 2 nitrogen and oxygen atoms in total. The van der Waals surface area contributed by atoms with Crippen molar-refractivity contribution in [2.75, 3.05) is 7.11 Å². The van der Waals surface area contributed by atoms with Crippen molar-refractivity contribution >= 4 is 39.1 Å². The highest BCUT2D eigenvalue weighted by molar-refractivity contribution is 9.10. The molecule has 0 saturated carbocycles. The zero-order valence-electron chi connectivity index (χ0n) is 10.8. The molecule has 0 unspecified atom stereocenters. The molecular formula is C15H13BrCl2O2. The third-order valence-electron chi connectivity index (χ3n) is 2.85. The van der Waals surface area contributed by atoms with E-state index in [2.05, 4.69) is 15.9 Å². The Morgan fingerprint density at radius 1 is 1.20 bits per heavy atom. The Morgan fingerprint density at radius 2 is 2.00 bits per heavy atom. The molecule has 106 valence electrons. The van der Waals surface area contributed by atoms with Crippen LogP contribution in [0.1, 0.15) is 11.1 Å². The van der Waals surface area contributed by atoms with Crippen molar-refractivity contribution in [1.82, 2.24) is 0 Å². The topological polar surface area (TPSA) is 18.5 Å². The number of ether oxygens (including phenoxy) is 2. The van der Waals surface area contributed by atoms with Crippen LogP contribution in [0.2, 0.25) is 5.02 Å². The first-order valence-corrected chi connectivity index (χ1v) is 7.65. The Bertz CT molecular complexity index is 602. The molecule has 2 rings (SSSR count). The van der Waals surface area contributed by atoms with E-state index in [0.29, 0.717) is 23.3 Å². The van der Waals surface area contributed by atoms with Crippen LogP contribution in [0.4, 0.5) is 0 Å². The summed E-state index contributed by atoms with van der Waals surface area (Å²) in [4.78, 5) is 0. The highest BCUT2D eigenvalue weighted by atomic mass is 79.9. The Hall–Kier alpha value is -0.900. The molecule has 0 fully saturated rings. The molecule has 0 saturated heterocycles. The second-order valence-electron chi connectivity index (χ2n) is 4.10. The maximum absolute atomic E-state index is 6.10. The minimum Gasteiger partial charge on any atom is -0.497 e. The molecular weight excluding hydrogens is 363 g/mol. The van der Waals surface area contributed by atoms with Gasteiger partial charge in [0.1, 0.15) is 18.1 Å². The lowest BCUT2D eigenvalue weighted by atomic mass is 10.2. The highest BCUT2D eigenvalue weighted by Gasteiger charge is 2.09. The second kappa shape index (κ2) is 7.21. The van der Waals surface area contributed by atoms with Crippen LogP contribution in [-0.2, 0) is 12.5 Å². The van der Waals surface area contributed by atoms with Crippen molar-refractivity contribution in [1.29, 1.82) is 0 Å². The summed E-state index contributed by atoms with van der Waals surface area (Å²) < 4.78 is 12.0. The number of methoxy groups -OCH3 is 1. The van der Waals surface area contributed by atoms with Gasteiger partial charge in [-0.15, -0.1) is 11.6 Å². The van der Waals surface area contributed by atoms with Crippen molar-refractivity contribution in [2.24, 2.45) is 0 Å². The largest absolute Gasteiger partial charge is 0.497 e. The lowest BCUT2D eigenvalue weighted by molar-refractivity contribution is 0.302. The van der Waals surface area contributed by atoms with Crippen LogP contribution in [0.5, 0.6) is 11.5 Å². The minimum atomic E-state index is 0.314. The Balaban J connectivity index is 2.19. The summed E-state index contributed by atoms with van der Waals surface area (Å²) in [6.07, 6.45) is 0. The first kappa shape index (κ1) is 15.5. The molecule has 2 aromatic rings. The summed E-state index contributed by atoms with van der Waals surface area (Å²) >= 11 is 15.5. The van der Waals surface area contributed by atoms with Gasteiger partial charge in [0.15, 0.2) is 0 Å². The van der Waals surface area contributed by atoms with E-state index in [1.165, 1.54) is 0 Å². The summed E-state index contributed by atoms with van der Waals surface area (Å²) in [5, 5.41) is 0.613. The third kappa shape index (κ3) is 3.60. The standard InChI is InChI=1S/C15H13BrCl2O2/c1-19-11-5-6-13(16)10(7-11)9-20-15-4-2-3-14(18)12(15)8-17/h2-7H,8-9H2,1H3. The summed E-state index contributed by atoms with van der Waals surface area (Å²) in [7, 11) is 1.64. The van der Waals surface area contributed by atoms with Gasteiger partial charge in [0.25, 0.3) is 0 Å². The Kier molecular flexibility index (Phi) is 5.58. The zero-order chi connectivity index (χ0) is 14.5. The quantitative estimate of drug-likeness (QED) is 0.648. The summed E-state index contributed by atoms with van der Waals surface area (Å²) in [6.45, 7) is 0.405. The van der Waals surface area contributed by atoms with Gasteiger partial charge in [-0.25, -0.2) is 0 Å². The van der Waals surface area contributed by atoms with Crippen LogP contribution < -0.4 is 9.47 Å². The third-order valence-corrected chi connectivity index (χ3v) is 4.24. The molecule has 0 aliphatic heterocycles. The number of hydrogen-bond acceptors (Lipinski definition) is 2.